The molecular formula is C14H25NO4. The highest BCUT2D eigenvalue weighted by Crippen LogP contribution is 2.35. The third kappa shape index (κ3) is 3.26. The summed E-state index contributed by atoms with van der Waals surface area (Å²) in [4.78, 5) is 25.6. The normalized spacial score (nSPS) is 23.7. The molecule has 5 heteroatoms. The number of ether oxygens (including phenoxy) is 1. The summed E-state index contributed by atoms with van der Waals surface area (Å²) in [6, 6.07) is 0. The molecule has 0 aromatic carbocycles. The molecule has 1 fully saturated rings. The van der Waals surface area contributed by atoms with Crippen molar-refractivity contribution in [2.75, 3.05) is 13.7 Å². The van der Waals surface area contributed by atoms with Crippen molar-refractivity contribution in [3.05, 3.63) is 0 Å². The van der Waals surface area contributed by atoms with Gasteiger partial charge in [0.05, 0.1) is 12.0 Å². The first kappa shape index (κ1) is 16.0. The summed E-state index contributed by atoms with van der Waals surface area (Å²) in [5.41, 5.74) is -1.56. The molecule has 0 aromatic heterocycles. The molecule has 0 aliphatic carbocycles. The zero-order chi connectivity index (χ0) is 14.7. The summed E-state index contributed by atoms with van der Waals surface area (Å²) in [7, 11) is 1.56. The van der Waals surface area contributed by atoms with E-state index in [0.717, 1.165) is 12.8 Å². The molecule has 1 aliphatic heterocycles. The average Bonchev–Trinajstić information content (AvgIpc) is 2.74. The lowest BCUT2D eigenvalue weighted by atomic mass is 9.90. The quantitative estimate of drug-likeness (QED) is 0.803. The van der Waals surface area contributed by atoms with Crippen LogP contribution in [0.25, 0.3) is 0 Å². The van der Waals surface area contributed by atoms with Gasteiger partial charge in [0.25, 0.3) is 0 Å². The van der Waals surface area contributed by atoms with E-state index in [9.17, 15) is 14.7 Å². The number of hydrogen-bond donors (Lipinski definition) is 1. The van der Waals surface area contributed by atoms with Crippen LogP contribution in [0.4, 0.5) is 0 Å². The van der Waals surface area contributed by atoms with Crippen LogP contribution in [0.2, 0.25) is 0 Å². The Morgan fingerprint density at radius 3 is 2.53 bits per heavy atom. The summed E-state index contributed by atoms with van der Waals surface area (Å²) < 4.78 is 5.26. The van der Waals surface area contributed by atoms with Crippen LogP contribution in [0, 0.1) is 0 Å². The van der Waals surface area contributed by atoms with Gasteiger partial charge >= 0.3 is 5.97 Å². The van der Waals surface area contributed by atoms with Crippen molar-refractivity contribution in [2.24, 2.45) is 0 Å². The first-order chi connectivity index (χ1) is 8.79. The number of aliphatic carboxylic acids is 1. The predicted octanol–water partition coefficient (Wildman–Crippen LogP) is 2.05. The van der Waals surface area contributed by atoms with E-state index in [0.29, 0.717) is 19.4 Å². The van der Waals surface area contributed by atoms with Crippen molar-refractivity contribution in [3.8, 4) is 0 Å². The van der Waals surface area contributed by atoms with Crippen molar-refractivity contribution >= 4 is 11.9 Å². The Morgan fingerprint density at radius 1 is 1.42 bits per heavy atom. The first-order valence-electron chi connectivity index (χ1n) is 6.88. The number of nitrogens with zero attached hydrogens (tertiary/aromatic N) is 1. The standard InChI is InChI=1S/C14H25NO4/c1-5-7-14(12(17)18)8-6-9-15(14)11(16)10-13(2,3)19-4/h5-10H2,1-4H3,(H,17,18). The Labute approximate surface area is 114 Å². The smallest absolute Gasteiger partial charge is 0.329 e. The molecule has 5 nitrogen and oxygen atoms in total. The van der Waals surface area contributed by atoms with Gasteiger partial charge in [-0.1, -0.05) is 13.3 Å². The van der Waals surface area contributed by atoms with Crippen LogP contribution in [0.3, 0.4) is 0 Å². The van der Waals surface area contributed by atoms with E-state index in [1.807, 2.05) is 20.8 Å². The second-order valence-electron chi connectivity index (χ2n) is 5.88. The van der Waals surface area contributed by atoms with Crippen molar-refractivity contribution in [1.82, 2.24) is 4.90 Å². The summed E-state index contributed by atoms with van der Waals surface area (Å²) >= 11 is 0. The van der Waals surface area contributed by atoms with Crippen molar-refractivity contribution in [2.45, 2.75) is 64.0 Å². The van der Waals surface area contributed by atoms with Gasteiger partial charge in [-0.25, -0.2) is 4.79 Å². The fraction of sp³-hybridized carbons (Fsp3) is 0.857. The fourth-order valence-electron chi connectivity index (χ4n) is 2.78. The highest BCUT2D eigenvalue weighted by Gasteiger charge is 2.49. The SMILES string of the molecule is CCCC1(C(=O)O)CCCN1C(=O)CC(C)(C)OC. The number of rotatable bonds is 6. The number of carbonyl (C=O) groups excluding carboxylic acids is 1. The molecule has 1 amide bonds. The highest BCUT2D eigenvalue weighted by molar-refractivity contribution is 5.88. The van der Waals surface area contributed by atoms with Gasteiger partial charge in [-0.15, -0.1) is 0 Å². The lowest BCUT2D eigenvalue weighted by Gasteiger charge is -2.36. The van der Waals surface area contributed by atoms with E-state index in [2.05, 4.69) is 0 Å². The maximum atomic E-state index is 12.4. The monoisotopic (exact) mass is 271 g/mol. The van der Waals surface area contributed by atoms with Gasteiger partial charge in [-0.3, -0.25) is 4.79 Å². The van der Waals surface area contributed by atoms with E-state index in [-0.39, 0.29) is 12.3 Å². The van der Waals surface area contributed by atoms with Crippen molar-refractivity contribution in [3.63, 3.8) is 0 Å². The zero-order valence-corrected chi connectivity index (χ0v) is 12.4. The number of hydrogen-bond acceptors (Lipinski definition) is 3. The van der Waals surface area contributed by atoms with Gasteiger partial charge in [0.1, 0.15) is 5.54 Å². The minimum absolute atomic E-state index is 0.125. The van der Waals surface area contributed by atoms with Crippen LogP contribution < -0.4 is 0 Å². The maximum Gasteiger partial charge on any atom is 0.329 e. The molecule has 1 rings (SSSR count). The Bertz CT molecular complexity index is 353. The Balaban J connectivity index is 2.91. The number of carboxylic acid groups (broad SMARTS) is 1. The van der Waals surface area contributed by atoms with Crippen LogP contribution in [0.5, 0.6) is 0 Å². The molecule has 0 radical (unpaired) electrons. The largest absolute Gasteiger partial charge is 0.479 e. The third-order valence-electron chi connectivity index (χ3n) is 3.98. The second-order valence-corrected chi connectivity index (χ2v) is 5.88. The van der Waals surface area contributed by atoms with E-state index in [4.69, 9.17) is 4.74 Å². The maximum absolute atomic E-state index is 12.4. The number of methoxy groups -OCH3 is 1. The number of amides is 1. The zero-order valence-electron chi connectivity index (χ0n) is 12.4. The van der Waals surface area contributed by atoms with Gasteiger partial charge < -0.3 is 14.7 Å². The average molecular weight is 271 g/mol. The van der Waals surface area contributed by atoms with Gasteiger partial charge in [0, 0.05) is 13.7 Å². The van der Waals surface area contributed by atoms with Crippen LogP contribution in [-0.2, 0) is 14.3 Å². The van der Waals surface area contributed by atoms with E-state index >= 15 is 0 Å². The van der Waals surface area contributed by atoms with Crippen LogP contribution >= 0.6 is 0 Å². The third-order valence-corrected chi connectivity index (χ3v) is 3.98. The van der Waals surface area contributed by atoms with Crippen LogP contribution in [0.15, 0.2) is 0 Å². The fourth-order valence-corrected chi connectivity index (χ4v) is 2.78. The molecule has 19 heavy (non-hydrogen) atoms. The molecule has 0 bridgehead atoms. The van der Waals surface area contributed by atoms with Crippen LogP contribution in [0.1, 0.15) is 52.9 Å². The van der Waals surface area contributed by atoms with Gasteiger partial charge in [-0.2, -0.15) is 0 Å². The molecule has 0 aromatic rings. The minimum Gasteiger partial charge on any atom is -0.479 e. The van der Waals surface area contributed by atoms with Crippen molar-refractivity contribution in [1.29, 1.82) is 0 Å². The number of carbonyl (C=O) groups is 2. The summed E-state index contributed by atoms with van der Waals surface area (Å²) in [5, 5.41) is 9.54. The lowest BCUT2D eigenvalue weighted by molar-refractivity contribution is -0.159. The number of likely N-dealkylation sites (tertiary alicyclic amines) is 1. The molecule has 0 spiro atoms. The molecule has 0 saturated carbocycles. The van der Waals surface area contributed by atoms with E-state index in [1.54, 1.807) is 12.0 Å². The molecule has 1 heterocycles. The topological polar surface area (TPSA) is 66.8 Å². The van der Waals surface area contributed by atoms with Gasteiger partial charge in [-0.05, 0) is 33.1 Å². The second kappa shape index (κ2) is 5.90. The predicted molar refractivity (Wildman–Crippen MR) is 71.9 cm³/mol. The molecule has 1 aliphatic rings. The summed E-state index contributed by atoms with van der Waals surface area (Å²) in [6.07, 6.45) is 2.79. The van der Waals surface area contributed by atoms with Gasteiger partial charge in [0.2, 0.25) is 5.91 Å². The van der Waals surface area contributed by atoms with Crippen LogP contribution in [-0.4, -0.2) is 46.7 Å². The molecule has 110 valence electrons. The Morgan fingerprint density at radius 2 is 2.05 bits per heavy atom. The molecule has 1 N–H and O–H groups in total. The molecule has 1 unspecified atom stereocenters. The Kier molecular flexibility index (Phi) is 4.96. The summed E-state index contributed by atoms with van der Waals surface area (Å²) in [6.45, 7) is 6.15. The first-order valence-corrected chi connectivity index (χ1v) is 6.88. The lowest BCUT2D eigenvalue weighted by Crippen LogP contribution is -2.54. The van der Waals surface area contributed by atoms with E-state index in [1.165, 1.54) is 0 Å². The molecular weight excluding hydrogens is 246 g/mol. The molecule has 1 saturated heterocycles. The Hall–Kier alpha value is -1.10. The summed E-state index contributed by atoms with van der Waals surface area (Å²) in [5.74, 6) is -1.00. The van der Waals surface area contributed by atoms with Crippen molar-refractivity contribution < 1.29 is 19.4 Å². The highest BCUT2D eigenvalue weighted by atomic mass is 16.5. The van der Waals surface area contributed by atoms with E-state index < -0.39 is 17.1 Å². The molecule has 1 atom stereocenters. The minimum atomic E-state index is -1.00. The van der Waals surface area contributed by atoms with Gasteiger partial charge in [0.15, 0.2) is 0 Å². The number of carboxylic acids is 1.